The lowest BCUT2D eigenvalue weighted by Crippen LogP contribution is -2.34. The average Bonchev–Trinajstić information content (AvgIpc) is 2.73. The van der Waals surface area contributed by atoms with E-state index in [1.807, 2.05) is 0 Å². The van der Waals surface area contributed by atoms with Gasteiger partial charge in [-0.3, -0.25) is 4.79 Å². The summed E-state index contributed by atoms with van der Waals surface area (Å²) in [7, 11) is 0. The molecule has 2 saturated carbocycles. The molecule has 0 bridgehead atoms. The van der Waals surface area contributed by atoms with E-state index in [1.54, 1.807) is 0 Å². The third kappa shape index (κ3) is 1.67. The molecule has 0 radical (unpaired) electrons. The Balaban J connectivity index is 1.56. The number of rotatable bonds is 2. The van der Waals surface area contributed by atoms with Gasteiger partial charge in [0.15, 0.2) is 0 Å². The van der Waals surface area contributed by atoms with Gasteiger partial charge in [-0.05, 0) is 50.0 Å². The van der Waals surface area contributed by atoms with Crippen LogP contribution in [0.2, 0.25) is 0 Å². The quantitative estimate of drug-likeness (QED) is 0.731. The third-order valence-electron chi connectivity index (χ3n) is 4.52. The molecule has 3 fully saturated rings. The number of fused-ring (bicyclic) bond motifs is 1. The fourth-order valence-corrected chi connectivity index (χ4v) is 3.40. The number of carbonyl (C=O) groups excluding carboxylic acids is 1. The van der Waals surface area contributed by atoms with E-state index < -0.39 is 0 Å². The van der Waals surface area contributed by atoms with Crippen molar-refractivity contribution in [3.8, 4) is 0 Å². The van der Waals surface area contributed by atoms with Crippen molar-refractivity contribution in [3.05, 3.63) is 0 Å². The molecule has 3 heteroatoms. The molecule has 84 valence electrons. The van der Waals surface area contributed by atoms with Crippen molar-refractivity contribution in [2.45, 2.75) is 25.7 Å². The van der Waals surface area contributed by atoms with Gasteiger partial charge in [0.25, 0.3) is 0 Å². The monoisotopic (exact) mass is 208 g/mol. The molecule has 1 heterocycles. The van der Waals surface area contributed by atoms with Gasteiger partial charge in [-0.15, -0.1) is 0 Å². The van der Waals surface area contributed by atoms with Crippen LogP contribution in [0.25, 0.3) is 0 Å². The van der Waals surface area contributed by atoms with Crippen LogP contribution in [0, 0.1) is 23.7 Å². The zero-order chi connectivity index (χ0) is 10.4. The lowest BCUT2D eigenvalue weighted by Gasteiger charge is -2.21. The van der Waals surface area contributed by atoms with Gasteiger partial charge in [0.05, 0.1) is 0 Å². The number of amides is 1. The van der Waals surface area contributed by atoms with Crippen LogP contribution in [0.1, 0.15) is 25.7 Å². The normalized spacial score (nSPS) is 43.1. The summed E-state index contributed by atoms with van der Waals surface area (Å²) in [5.74, 6) is 3.17. The topological polar surface area (TPSA) is 46.3 Å². The molecule has 3 unspecified atom stereocenters. The molecule has 1 amide bonds. The largest absolute Gasteiger partial charge is 0.342 e. The number of carbonyl (C=O) groups is 1. The smallest absolute Gasteiger partial charge is 0.225 e. The van der Waals surface area contributed by atoms with Crippen LogP contribution in [0.15, 0.2) is 0 Å². The molecule has 0 aromatic carbocycles. The van der Waals surface area contributed by atoms with Crippen LogP contribution in [-0.2, 0) is 4.79 Å². The molecular formula is C12H20N2O. The van der Waals surface area contributed by atoms with E-state index in [0.717, 1.165) is 37.9 Å². The average molecular weight is 208 g/mol. The standard InChI is InChI=1S/C12H20N2O/c13-6-8-1-2-14(7-8)12(15)11-4-9-3-10(9)5-11/h8-11H,1-7,13H2. The van der Waals surface area contributed by atoms with Crippen LogP contribution in [0.4, 0.5) is 0 Å². The Morgan fingerprint density at radius 3 is 2.60 bits per heavy atom. The predicted molar refractivity (Wildman–Crippen MR) is 58.1 cm³/mol. The second kappa shape index (κ2) is 3.48. The van der Waals surface area contributed by atoms with Crippen LogP contribution in [0.3, 0.4) is 0 Å². The van der Waals surface area contributed by atoms with Crippen molar-refractivity contribution in [3.63, 3.8) is 0 Å². The molecule has 1 saturated heterocycles. The van der Waals surface area contributed by atoms with Gasteiger partial charge in [-0.2, -0.15) is 0 Å². The zero-order valence-corrected chi connectivity index (χ0v) is 9.19. The molecule has 3 atom stereocenters. The molecule has 3 rings (SSSR count). The highest BCUT2D eigenvalue weighted by Crippen LogP contribution is 2.54. The Bertz CT molecular complexity index is 269. The van der Waals surface area contributed by atoms with E-state index in [1.165, 1.54) is 19.3 Å². The van der Waals surface area contributed by atoms with Crippen LogP contribution < -0.4 is 5.73 Å². The minimum Gasteiger partial charge on any atom is -0.342 e. The van der Waals surface area contributed by atoms with Crippen molar-refractivity contribution in [1.29, 1.82) is 0 Å². The predicted octanol–water partition coefficient (Wildman–Crippen LogP) is 0.840. The lowest BCUT2D eigenvalue weighted by molar-refractivity contribution is -0.134. The molecule has 2 aliphatic carbocycles. The minimum absolute atomic E-state index is 0.366. The van der Waals surface area contributed by atoms with E-state index in [2.05, 4.69) is 4.90 Å². The molecule has 0 spiro atoms. The van der Waals surface area contributed by atoms with Gasteiger partial charge in [0.1, 0.15) is 0 Å². The van der Waals surface area contributed by atoms with Gasteiger partial charge in [-0.25, -0.2) is 0 Å². The van der Waals surface area contributed by atoms with E-state index >= 15 is 0 Å². The van der Waals surface area contributed by atoms with Gasteiger partial charge < -0.3 is 10.6 Å². The van der Waals surface area contributed by atoms with E-state index in [4.69, 9.17) is 5.73 Å². The summed E-state index contributed by atoms with van der Waals surface area (Å²) in [5.41, 5.74) is 5.64. The van der Waals surface area contributed by atoms with E-state index in [0.29, 0.717) is 17.7 Å². The van der Waals surface area contributed by atoms with E-state index in [-0.39, 0.29) is 0 Å². The van der Waals surface area contributed by atoms with Gasteiger partial charge in [0, 0.05) is 19.0 Å². The number of hydrogen-bond donors (Lipinski definition) is 1. The summed E-state index contributed by atoms with van der Waals surface area (Å²) >= 11 is 0. The number of nitrogens with zero attached hydrogens (tertiary/aromatic N) is 1. The highest BCUT2D eigenvalue weighted by Gasteiger charge is 2.49. The number of nitrogens with two attached hydrogens (primary N) is 1. The van der Waals surface area contributed by atoms with Gasteiger partial charge in [0.2, 0.25) is 5.91 Å². The number of hydrogen-bond acceptors (Lipinski definition) is 2. The Hall–Kier alpha value is -0.570. The first-order chi connectivity index (χ1) is 7.28. The molecule has 1 aliphatic heterocycles. The van der Waals surface area contributed by atoms with E-state index in [9.17, 15) is 4.79 Å². The summed E-state index contributed by atoms with van der Waals surface area (Å²) in [6.07, 6.45) is 4.86. The summed E-state index contributed by atoms with van der Waals surface area (Å²) in [6, 6.07) is 0. The maximum atomic E-state index is 12.2. The highest BCUT2D eigenvalue weighted by atomic mass is 16.2. The first kappa shape index (κ1) is 9.64. The second-order valence-corrected chi connectivity index (χ2v) is 5.60. The van der Waals surface area contributed by atoms with Crippen LogP contribution in [0.5, 0.6) is 0 Å². The third-order valence-corrected chi connectivity index (χ3v) is 4.52. The maximum Gasteiger partial charge on any atom is 0.225 e. The Morgan fingerprint density at radius 1 is 1.27 bits per heavy atom. The first-order valence-corrected chi connectivity index (χ1v) is 6.26. The fraction of sp³-hybridized carbons (Fsp3) is 0.917. The molecule has 0 aromatic heterocycles. The molecule has 3 aliphatic rings. The summed E-state index contributed by atoms with van der Waals surface area (Å²) < 4.78 is 0. The number of likely N-dealkylation sites (tertiary alicyclic amines) is 1. The minimum atomic E-state index is 0.366. The highest BCUT2D eigenvalue weighted by molar-refractivity contribution is 5.79. The van der Waals surface area contributed by atoms with Crippen molar-refractivity contribution in [2.75, 3.05) is 19.6 Å². The molecule has 2 N–H and O–H groups in total. The van der Waals surface area contributed by atoms with Crippen molar-refractivity contribution < 1.29 is 4.79 Å². The van der Waals surface area contributed by atoms with Gasteiger partial charge >= 0.3 is 0 Å². The molecule has 15 heavy (non-hydrogen) atoms. The Morgan fingerprint density at radius 2 is 2.00 bits per heavy atom. The van der Waals surface area contributed by atoms with Crippen LogP contribution in [-0.4, -0.2) is 30.4 Å². The molecular weight excluding hydrogens is 188 g/mol. The van der Waals surface area contributed by atoms with Crippen molar-refractivity contribution in [2.24, 2.45) is 29.4 Å². The van der Waals surface area contributed by atoms with Gasteiger partial charge in [-0.1, -0.05) is 0 Å². The zero-order valence-electron chi connectivity index (χ0n) is 9.19. The van der Waals surface area contributed by atoms with Crippen molar-refractivity contribution in [1.82, 2.24) is 4.90 Å². The fourth-order valence-electron chi connectivity index (χ4n) is 3.40. The molecule has 3 nitrogen and oxygen atoms in total. The molecule has 0 aromatic rings. The Labute approximate surface area is 91.0 Å². The summed E-state index contributed by atoms with van der Waals surface area (Å²) in [5, 5.41) is 0. The summed E-state index contributed by atoms with van der Waals surface area (Å²) in [6.45, 7) is 2.60. The van der Waals surface area contributed by atoms with Crippen molar-refractivity contribution >= 4 is 5.91 Å². The maximum absolute atomic E-state index is 12.2. The first-order valence-electron chi connectivity index (χ1n) is 6.26. The van der Waals surface area contributed by atoms with Crippen LogP contribution >= 0.6 is 0 Å². The SMILES string of the molecule is NCC1CCN(C(=O)C2CC3CC3C2)C1. The Kier molecular flexibility index (Phi) is 2.23. The lowest BCUT2D eigenvalue weighted by atomic mass is 10.0. The second-order valence-electron chi connectivity index (χ2n) is 5.60. The summed E-state index contributed by atoms with van der Waals surface area (Å²) in [4.78, 5) is 14.2.